The van der Waals surface area contributed by atoms with Gasteiger partial charge in [0.25, 0.3) is 0 Å². The van der Waals surface area contributed by atoms with Crippen molar-refractivity contribution in [2.75, 3.05) is 52.7 Å². The van der Waals surface area contributed by atoms with Gasteiger partial charge in [-0.05, 0) is 119 Å². The first-order valence-corrected chi connectivity index (χ1v) is 25.1. The van der Waals surface area contributed by atoms with Crippen molar-refractivity contribution < 1.29 is 38.1 Å². The molecule has 2 amide bonds. The van der Waals surface area contributed by atoms with Crippen molar-refractivity contribution >= 4 is 29.7 Å². The van der Waals surface area contributed by atoms with Crippen LogP contribution in [0.4, 0.5) is 9.59 Å². The van der Waals surface area contributed by atoms with E-state index < -0.39 is 5.79 Å². The fraction of sp³-hybridized carbons (Fsp3) is 0.500. The highest BCUT2D eigenvalue weighted by Gasteiger charge is 2.52. The average molecular weight is 960 g/mol. The lowest BCUT2D eigenvalue weighted by atomic mass is 9.77. The number of fused-ring (bicyclic) bond motifs is 6. The zero-order valence-corrected chi connectivity index (χ0v) is 40.1. The van der Waals surface area contributed by atoms with Crippen LogP contribution in [0, 0.1) is 5.53 Å². The van der Waals surface area contributed by atoms with E-state index in [0.717, 1.165) is 90.5 Å². The van der Waals surface area contributed by atoms with Crippen molar-refractivity contribution in [2.45, 2.75) is 119 Å². The van der Waals surface area contributed by atoms with Crippen LogP contribution < -0.4 is 0 Å². The summed E-state index contributed by atoms with van der Waals surface area (Å²) in [4.78, 5) is 41.9. The highest BCUT2D eigenvalue weighted by Crippen LogP contribution is 2.49. The largest absolute Gasteiger partial charge is 0.448 e. The molecule has 1 N–H and O–H groups in total. The molecule has 4 aliphatic carbocycles. The topological polar surface area (TPSA) is 165 Å². The van der Waals surface area contributed by atoms with Gasteiger partial charge in [-0.1, -0.05) is 102 Å². The molecule has 0 atom stereocenters. The molecule has 4 aromatic carbocycles. The summed E-state index contributed by atoms with van der Waals surface area (Å²) in [6.45, 7) is 5.64. The van der Waals surface area contributed by atoms with Gasteiger partial charge < -0.3 is 33.5 Å². The number of benzene rings is 4. The fourth-order valence-electron chi connectivity index (χ4n) is 12.2. The Labute approximate surface area is 409 Å². The number of ketones is 1. The predicted molar refractivity (Wildman–Crippen MR) is 260 cm³/mol. The average Bonchev–Trinajstić information content (AvgIpc) is 4.27. The molecule has 12 rings (SSSR count). The number of rotatable bonds is 5. The Morgan fingerprint density at radius 2 is 0.986 bits per heavy atom. The van der Waals surface area contributed by atoms with Crippen molar-refractivity contribution in [1.29, 1.82) is 5.53 Å². The first-order chi connectivity index (χ1) is 33.8. The van der Waals surface area contributed by atoms with E-state index in [-0.39, 0.29) is 35.1 Å². The number of Topliss-reactive ketones (excluding diaryl/α,β-unsaturated/α-hetero) is 1. The van der Waals surface area contributed by atoms with E-state index in [0.29, 0.717) is 45.1 Å². The van der Waals surface area contributed by atoms with E-state index in [1.165, 1.54) is 57.3 Å². The number of nitrogens with one attached hydrogen (secondary N) is 1. The van der Waals surface area contributed by atoms with E-state index in [4.69, 9.17) is 29.2 Å². The van der Waals surface area contributed by atoms with Crippen molar-refractivity contribution in [3.63, 3.8) is 0 Å². The summed E-state index contributed by atoms with van der Waals surface area (Å²) in [6.07, 6.45) is 12.6. The fourth-order valence-corrected chi connectivity index (χ4v) is 12.3. The van der Waals surface area contributed by atoms with Crippen LogP contribution in [0.5, 0.6) is 0 Å². The summed E-state index contributed by atoms with van der Waals surface area (Å²) < 4.78 is 31.2. The van der Waals surface area contributed by atoms with Gasteiger partial charge in [-0.25, -0.2) is 9.59 Å². The van der Waals surface area contributed by atoms with Crippen molar-refractivity contribution in [1.82, 2.24) is 9.80 Å². The van der Waals surface area contributed by atoms with E-state index in [1.54, 1.807) is 0 Å². The minimum absolute atomic E-state index is 0.0860. The molecule has 4 heterocycles. The maximum atomic E-state index is 13.3. The Bertz CT molecular complexity index is 2370. The van der Waals surface area contributed by atoms with Crippen LogP contribution in [-0.2, 0) is 28.5 Å². The van der Waals surface area contributed by atoms with Gasteiger partial charge in [-0.3, -0.25) is 4.79 Å². The third kappa shape index (κ3) is 10.4. The van der Waals surface area contributed by atoms with Gasteiger partial charge in [0.1, 0.15) is 19.0 Å². The van der Waals surface area contributed by atoms with E-state index in [2.05, 4.69) is 112 Å². The van der Waals surface area contributed by atoms with Crippen LogP contribution in [0.25, 0.3) is 22.3 Å². The highest BCUT2D eigenvalue weighted by molar-refractivity contribution is 6.13. The van der Waals surface area contributed by atoms with Crippen LogP contribution in [0.15, 0.2) is 112 Å². The lowest BCUT2D eigenvalue weighted by molar-refractivity contribution is -0.190. The van der Waals surface area contributed by atoms with E-state index in [9.17, 15) is 14.4 Å². The second-order valence-electron chi connectivity index (χ2n) is 19.3. The summed E-state index contributed by atoms with van der Waals surface area (Å²) in [5.41, 5.74) is 15.6. The van der Waals surface area contributed by atoms with Gasteiger partial charge in [0.15, 0.2) is 5.79 Å². The Kier molecular flexibility index (Phi) is 15.5. The molecule has 0 radical (unpaired) electrons. The zero-order chi connectivity index (χ0) is 47.7. The molecule has 3 spiro atoms. The molecule has 0 unspecified atom stereocenters. The number of carbonyl (C=O) groups is 3. The van der Waals surface area contributed by atoms with Gasteiger partial charge >= 0.3 is 12.2 Å². The van der Waals surface area contributed by atoms with Crippen molar-refractivity contribution in [3.05, 3.63) is 119 Å². The molecular formula is C54H63ClN6O8. The summed E-state index contributed by atoms with van der Waals surface area (Å²) in [5.74, 6) is 0.110. The second-order valence-corrected chi connectivity index (χ2v) is 19.4. The molecule has 364 valence electrons. The number of hydrogen-bond donors (Lipinski definition) is 1. The first-order valence-electron chi connectivity index (χ1n) is 24.8. The summed E-state index contributed by atoms with van der Waals surface area (Å²) in [5, 5.41) is 5.08. The van der Waals surface area contributed by atoms with Gasteiger partial charge in [0.2, 0.25) is 0 Å². The van der Waals surface area contributed by atoms with Gasteiger partial charge in [0, 0.05) is 74.9 Å². The van der Waals surface area contributed by atoms with E-state index in [1.807, 2.05) is 21.9 Å². The lowest BCUT2D eigenvalue weighted by Gasteiger charge is -2.45. The quantitative estimate of drug-likeness (QED) is 0.152. The minimum atomic E-state index is -0.402. The minimum Gasteiger partial charge on any atom is -0.448 e. The maximum Gasteiger partial charge on any atom is 0.410 e. The Balaban J connectivity index is 0.000000144. The Hall–Kier alpha value is -5.54. The van der Waals surface area contributed by atoms with Crippen molar-refractivity contribution in [3.8, 4) is 22.3 Å². The molecule has 0 bridgehead atoms. The predicted octanol–water partition coefficient (Wildman–Crippen LogP) is 12.3. The monoisotopic (exact) mass is 958 g/mol. The van der Waals surface area contributed by atoms with Gasteiger partial charge in [0.05, 0.1) is 25.0 Å². The number of hydrogen-bond acceptors (Lipinski definition) is 10. The summed E-state index contributed by atoms with van der Waals surface area (Å²) >= 11 is 4.55. The first kappa shape index (κ1) is 48.5. The van der Waals surface area contributed by atoms with Crippen LogP contribution >= 0.6 is 11.8 Å². The molecule has 6 fully saturated rings. The smallest absolute Gasteiger partial charge is 0.410 e. The SMILES string of the molecule is C1CCOC1.N=NN=NCl.O=C(OCC1c2ccccc2-c2ccccc21)N1CCCC12CCC1(CC2)OCCO1.O=C1CCC2(CCCN2C(=O)OCC2c3ccccc3-c3ccccc32)CC1. The van der Waals surface area contributed by atoms with Crippen LogP contribution in [0.3, 0.4) is 0 Å². The lowest BCUT2D eigenvalue weighted by Crippen LogP contribution is -2.53. The Morgan fingerprint density at radius 1 is 0.580 bits per heavy atom. The molecule has 15 heteroatoms. The molecule has 69 heavy (non-hydrogen) atoms. The number of amides is 2. The molecule has 14 nitrogen and oxygen atoms in total. The number of carbonyl (C=O) groups excluding carboxylic acids is 3. The number of nitrogens with zero attached hydrogens (tertiary/aromatic N) is 5. The Morgan fingerprint density at radius 3 is 1.35 bits per heavy atom. The van der Waals surface area contributed by atoms with E-state index >= 15 is 0 Å². The third-order valence-corrected chi connectivity index (χ3v) is 15.8. The van der Waals surface area contributed by atoms with Crippen LogP contribution in [-0.4, -0.2) is 97.4 Å². The van der Waals surface area contributed by atoms with Gasteiger partial charge in [-0.2, -0.15) is 5.53 Å². The zero-order valence-electron chi connectivity index (χ0n) is 39.3. The third-order valence-electron chi connectivity index (χ3n) is 15.7. The molecule has 0 aromatic heterocycles. The molecular weight excluding hydrogens is 896 g/mol. The maximum absolute atomic E-state index is 13.3. The number of likely N-dealkylation sites (tertiary alicyclic amines) is 2. The van der Waals surface area contributed by atoms with Crippen LogP contribution in [0.1, 0.15) is 124 Å². The van der Waals surface area contributed by atoms with Crippen molar-refractivity contribution in [2.24, 2.45) is 15.1 Å². The standard InChI is InChI=1S/C26H29NO4.C24H25NO3.C4H8O.ClHN4/c28-24(27-15-5-10-25(27)11-13-26(14-12-25)30-16-17-31-26)29-18-23-21-8-3-1-6-19(21)20-7-2-4-9-22(20)23;26-17-10-13-24(14-11-17)12-5-15-25(24)23(27)28-16-22-20-8-3-1-6-18(20)19-7-2-4-9-21(19)22;1-2-4-5-3-1;1-3-5-4-2/h1-4,6-9,23H,5,10-18H2;1-4,6-9,22H,5,10-16H2;1-4H2;2H. The van der Waals surface area contributed by atoms with Gasteiger partial charge in [-0.15, -0.1) is 0 Å². The normalized spacial score (nSPS) is 21.1. The summed E-state index contributed by atoms with van der Waals surface area (Å²) in [7, 11) is 0. The van der Waals surface area contributed by atoms with Crippen LogP contribution in [0.2, 0.25) is 0 Å². The highest BCUT2D eigenvalue weighted by atomic mass is 35.5. The number of ether oxygens (including phenoxy) is 5. The second kappa shape index (κ2) is 22.0. The molecule has 4 aromatic rings. The summed E-state index contributed by atoms with van der Waals surface area (Å²) in [6, 6.07) is 33.7. The molecule has 2 saturated carbocycles. The molecule has 8 aliphatic rings. The molecule has 4 aliphatic heterocycles. The molecule has 4 saturated heterocycles. The number of halogens is 1.